The first-order valence-corrected chi connectivity index (χ1v) is 12.2. The van der Waals surface area contributed by atoms with Gasteiger partial charge in [0.2, 0.25) is 5.91 Å². The van der Waals surface area contributed by atoms with Gasteiger partial charge in [0.1, 0.15) is 23.5 Å². The van der Waals surface area contributed by atoms with Crippen molar-refractivity contribution in [1.82, 2.24) is 5.32 Å². The Labute approximate surface area is 225 Å². The van der Waals surface area contributed by atoms with Crippen molar-refractivity contribution in [3.05, 3.63) is 88.4 Å². The molecule has 1 atom stereocenters. The number of rotatable bonds is 7. The van der Waals surface area contributed by atoms with E-state index >= 15 is 0 Å². The van der Waals surface area contributed by atoms with Gasteiger partial charge in [-0.1, -0.05) is 48.0 Å². The van der Waals surface area contributed by atoms with Crippen molar-refractivity contribution in [1.29, 1.82) is 10.8 Å². The monoisotopic (exact) mass is 531 g/mol. The lowest BCUT2D eigenvalue weighted by molar-refractivity contribution is -0.121. The Balaban J connectivity index is 1.69. The Morgan fingerprint density at radius 2 is 1.89 bits per heavy atom. The number of methoxy groups -OCH3 is 1. The number of amidine groups is 2. The van der Waals surface area contributed by atoms with Crippen molar-refractivity contribution in [3.8, 4) is 5.75 Å². The molecule has 1 amide bonds. The fourth-order valence-corrected chi connectivity index (χ4v) is 4.37. The summed E-state index contributed by atoms with van der Waals surface area (Å²) in [5.74, 6) is 0.346. The third-order valence-electron chi connectivity index (χ3n) is 6.11. The molecule has 0 saturated carbocycles. The molecule has 194 valence electrons. The summed E-state index contributed by atoms with van der Waals surface area (Å²) in [5, 5.41) is 39.5. The number of fused-ring (bicyclic) bond motifs is 1. The molecule has 3 aromatic carbocycles. The Morgan fingerprint density at radius 1 is 1.16 bits per heavy atom. The van der Waals surface area contributed by atoms with Crippen molar-refractivity contribution in [2.24, 2.45) is 4.99 Å². The SMILES string of the molecule is COc1ccc2c(c1)C(c1ccc(Cl)cc1)=N[C@@H](CC(=O)NCc1cccc(B(O)O)c1)C(=N)N2C(C)=N. The van der Waals surface area contributed by atoms with Crippen molar-refractivity contribution < 1.29 is 19.6 Å². The van der Waals surface area contributed by atoms with Gasteiger partial charge < -0.3 is 20.1 Å². The standard InChI is InChI=1S/C27H27BClN5O4/c1-16(30)34-24-11-10-21(38-2)13-22(24)26(18-6-8-20(29)9-7-18)33-23(27(34)31)14-25(35)32-15-17-4-3-5-19(12-17)28(36)37/h3-13,23,30-31,36-37H,14-15H2,1-2H3,(H,32,35)/t23-/m0/s1. The van der Waals surface area contributed by atoms with Gasteiger partial charge in [0.15, 0.2) is 0 Å². The maximum atomic E-state index is 13.0. The molecule has 0 unspecified atom stereocenters. The minimum atomic E-state index is -1.60. The summed E-state index contributed by atoms with van der Waals surface area (Å²) in [4.78, 5) is 19.4. The van der Waals surface area contributed by atoms with Crippen LogP contribution in [0.4, 0.5) is 5.69 Å². The number of benzene rings is 3. The number of ether oxygens (including phenoxy) is 1. The second-order valence-corrected chi connectivity index (χ2v) is 9.23. The van der Waals surface area contributed by atoms with Crippen LogP contribution in [-0.4, -0.2) is 53.6 Å². The molecule has 0 radical (unpaired) electrons. The number of carbonyl (C=O) groups is 1. The molecule has 0 fully saturated rings. The molecule has 4 rings (SSSR count). The summed E-state index contributed by atoms with van der Waals surface area (Å²) in [7, 11) is -0.0446. The van der Waals surface area contributed by atoms with Crippen molar-refractivity contribution >= 4 is 53.2 Å². The average Bonchev–Trinajstić information content (AvgIpc) is 3.02. The number of hydrogen-bond donors (Lipinski definition) is 5. The zero-order valence-corrected chi connectivity index (χ0v) is 21.7. The smallest absolute Gasteiger partial charge is 0.488 e. The van der Waals surface area contributed by atoms with E-state index in [-0.39, 0.29) is 30.5 Å². The molecule has 38 heavy (non-hydrogen) atoms. The molecule has 1 aliphatic heterocycles. The Bertz CT molecular complexity index is 1410. The highest BCUT2D eigenvalue weighted by molar-refractivity contribution is 6.58. The molecule has 9 nitrogen and oxygen atoms in total. The fraction of sp³-hybridized carbons (Fsp3) is 0.185. The molecular weight excluding hydrogens is 505 g/mol. The average molecular weight is 532 g/mol. The highest BCUT2D eigenvalue weighted by Gasteiger charge is 2.32. The molecule has 1 aliphatic rings. The van der Waals surface area contributed by atoms with Crippen LogP contribution < -0.4 is 20.4 Å². The van der Waals surface area contributed by atoms with Crippen LogP contribution in [0, 0.1) is 10.8 Å². The van der Waals surface area contributed by atoms with Crippen LogP contribution in [0.15, 0.2) is 71.7 Å². The van der Waals surface area contributed by atoms with Gasteiger partial charge in [-0.3, -0.25) is 25.5 Å². The first-order valence-electron chi connectivity index (χ1n) is 11.9. The second kappa shape index (κ2) is 11.6. The van der Waals surface area contributed by atoms with E-state index in [1.54, 1.807) is 68.6 Å². The summed E-state index contributed by atoms with van der Waals surface area (Å²) in [5.41, 5.74) is 3.55. The molecule has 1 heterocycles. The van der Waals surface area contributed by atoms with Gasteiger partial charge in [0, 0.05) is 22.7 Å². The summed E-state index contributed by atoms with van der Waals surface area (Å²) >= 11 is 6.12. The van der Waals surface area contributed by atoms with Crippen LogP contribution in [0.5, 0.6) is 5.75 Å². The molecule has 0 saturated heterocycles. The normalized spacial score (nSPS) is 14.8. The number of amides is 1. The van der Waals surface area contributed by atoms with Gasteiger partial charge >= 0.3 is 7.12 Å². The first kappa shape index (κ1) is 27.1. The molecule has 0 aliphatic carbocycles. The minimum Gasteiger partial charge on any atom is -0.497 e. The van der Waals surface area contributed by atoms with Crippen molar-refractivity contribution in [2.45, 2.75) is 25.9 Å². The number of nitrogens with zero attached hydrogens (tertiary/aromatic N) is 2. The van der Waals surface area contributed by atoms with Gasteiger partial charge in [0.25, 0.3) is 0 Å². The molecule has 0 bridgehead atoms. The van der Waals surface area contributed by atoms with Gasteiger partial charge in [-0.05, 0) is 48.3 Å². The number of nitrogens with one attached hydrogen (secondary N) is 3. The predicted molar refractivity (Wildman–Crippen MR) is 150 cm³/mol. The number of carbonyl (C=O) groups excluding carboxylic acids is 1. The van der Waals surface area contributed by atoms with E-state index in [2.05, 4.69) is 5.32 Å². The number of anilines is 1. The van der Waals surface area contributed by atoms with E-state index in [0.717, 1.165) is 5.56 Å². The summed E-state index contributed by atoms with van der Waals surface area (Å²) in [6.45, 7) is 1.74. The molecule has 0 aromatic heterocycles. The number of hydrogen-bond acceptors (Lipinski definition) is 7. The highest BCUT2D eigenvalue weighted by atomic mass is 35.5. The lowest BCUT2D eigenvalue weighted by Gasteiger charge is -2.26. The topological polar surface area (TPSA) is 142 Å². The van der Waals surface area contributed by atoms with Crippen LogP contribution >= 0.6 is 11.6 Å². The lowest BCUT2D eigenvalue weighted by Crippen LogP contribution is -2.42. The Morgan fingerprint density at radius 3 is 2.55 bits per heavy atom. The maximum Gasteiger partial charge on any atom is 0.488 e. The van der Waals surface area contributed by atoms with Gasteiger partial charge in [0.05, 0.1) is 24.9 Å². The maximum absolute atomic E-state index is 13.0. The first-order chi connectivity index (χ1) is 18.2. The van der Waals surface area contributed by atoms with E-state index in [1.807, 2.05) is 12.1 Å². The van der Waals surface area contributed by atoms with E-state index in [0.29, 0.717) is 38.8 Å². The third-order valence-corrected chi connectivity index (χ3v) is 6.36. The quantitative estimate of drug-likeness (QED) is 0.181. The number of benzodiazepines with no additional fused rings is 1. The molecule has 0 spiro atoms. The predicted octanol–water partition coefficient (Wildman–Crippen LogP) is 2.74. The van der Waals surface area contributed by atoms with E-state index in [4.69, 9.17) is 32.1 Å². The van der Waals surface area contributed by atoms with Crippen LogP contribution in [0.3, 0.4) is 0 Å². The zero-order valence-electron chi connectivity index (χ0n) is 20.9. The van der Waals surface area contributed by atoms with Crippen LogP contribution in [0.1, 0.15) is 30.0 Å². The Kier molecular flexibility index (Phi) is 8.26. The molecule has 3 aromatic rings. The van der Waals surface area contributed by atoms with Crippen LogP contribution in [-0.2, 0) is 11.3 Å². The summed E-state index contributed by atoms with van der Waals surface area (Å²) < 4.78 is 5.44. The van der Waals surface area contributed by atoms with Crippen molar-refractivity contribution in [3.63, 3.8) is 0 Å². The van der Waals surface area contributed by atoms with E-state index in [9.17, 15) is 14.8 Å². The number of halogens is 1. The fourth-order valence-electron chi connectivity index (χ4n) is 4.25. The summed E-state index contributed by atoms with van der Waals surface area (Å²) in [6, 6.07) is 18.2. The lowest BCUT2D eigenvalue weighted by atomic mass is 9.79. The van der Waals surface area contributed by atoms with Crippen LogP contribution in [0.25, 0.3) is 0 Å². The van der Waals surface area contributed by atoms with Crippen LogP contribution in [0.2, 0.25) is 5.02 Å². The van der Waals surface area contributed by atoms with Gasteiger partial charge in [-0.25, -0.2) is 0 Å². The van der Waals surface area contributed by atoms with Gasteiger partial charge in [-0.15, -0.1) is 0 Å². The van der Waals surface area contributed by atoms with E-state index < -0.39 is 13.2 Å². The largest absolute Gasteiger partial charge is 0.497 e. The molecule has 11 heteroatoms. The van der Waals surface area contributed by atoms with Gasteiger partial charge in [-0.2, -0.15) is 0 Å². The molecular formula is C27H27BClN5O4. The van der Waals surface area contributed by atoms with Crippen molar-refractivity contribution in [2.75, 3.05) is 12.0 Å². The van der Waals surface area contributed by atoms with E-state index in [1.165, 1.54) is 4.90 Å². The minimum absolute atomic E-state index is 0.00608. The highest BCUT2D eigenvalue weighted by Crippen LogP contribution is 2.33. The second-order valence-electron chi connectivity index (χ2n) is 8.79. The zero-order chi connectivity index (χ0) is 27.4. The number of aliphatic imine (C=N–C) groups is 1. The molecule has 5 N–H and O–H groups in total. The Hall–Kier alpha value is -3.99. The third kappa shape index (κ3) is 5.94. The summed E-state index contributed by atoms with van der Waals surface area (Å²) in [6.07, 6.45) is -0.132.